The number of aromatic nitrogens is 4. The zero-order valence-corrected chi connectivity index (χ0v) is 25.8. The first kappa shape index (κ1) is 29.3. The Labute approximate surface area is 251 Å². The van der Waals surface area contributed by atoms with Crippen molar-refractivity contribution >= 4 is 40.3 Å². The van der Waals surface area contributed by atoms with Crippen LogP contribution in [0.4, 0.5) is 32.6 Å². The first-order valence-corrected chi connectivity index (χ1v) is 15.0. The molecule has 3 aliphatic rings. The summed E-state index contributed by atoms with van der Waals surface area (Å²) in [5.74, 6) is 2.69. The molecule has 3 fully saturated rings. The minimum atomic E-state index is -1.73. The number of aliphatic hydroxyl groups excluding tert-OH is 1. The minimum absolute atomic E-state index is 0.0207. The van der Waals surface area contributed by atoms with Crippen molar-refractivity contribution in [1.29, 1.82) is 0 Å². The van der Waals surface area contributed by atoms with Crippen LogP contribution < -0.4 is 15.1 Å². The van der Waals surface area contributed by atoms with Gasteiger partial charge in [0.05, 0.1) is 18.2 Å². The molecular weight excluding hydrogens is 551 g/mol. The summed E-state index contributed by atoms with van der Waals surface area (Å²) < 4.78 is 20.4. The topological polar surface area (TPSA) is 120 Å². The molecule has 3 aromatic rings. The smallest absolute Gasteiger partial charge is 0.410 e. The van der Waals surface area contributed by atoms with Crippen LogP contribution in [0.2, 0.25) is 0 Å². The molecule has 0 bridgehead atoms. The number of ether oxygens (including phenoxy) is 1. The maximum absolute atomic E-state index is 14.8. The fourth-order valence-corrected chi connectivity index (χ4v) is 6.21. The Kier molecular flexibility index (Phi) is 7.10. The quantitative estimate of drug-likeness (QED) is 0.428. The molecular formula is C31H41FN8O3. The Morgan fingerprint density at radius 1 is 1.12 bits per heavy atom. The zero-order valence-electron chi connectivity index (χ0n) is 25.8. The van der Waals surface area contributed by atoms with Crippen LogP contribution in [0.5, 0.6) is 0 Å². The van der Waals surface area contributed by atoms with E-state index in [0.717, 1.165) is 35.1 Å². The van der Waals surface area contributed by atoms with Gasteiger partial charge in [-0.3, -0.25) is 0 Å². The second-order valence-electron chi connectivity index (χ2n) is 13.6. The molecule has 12 heteroatoms. The highest BCUT2D eigenvalue weighted by Gasteiger charge is 2.56. The second-order valence-corrected chi connectivity index (χ2v) is 13.6. The first-order chi connectivity index (χ1) is 20.2. The summed E-state index contributed by atoms with van der Waals surface area (Å²) in [5, 5.41) is 15.3. The maximum atomic E-state index is 14.8. The van der Waals surface area contributed by atoms with Crippen LogP contribution in [-0.4, -0.2) is 91.7 Å². The molecule has 1 spiro atoms. The highest BCUT2D eigenvalue weighted by atomic mass is 19.1. The van der Waals surface area contributed by atoms with Crippen LogP contribution in [0, 0.1) is 0 Å². The van der Waals surface area contributed by atoms with Crippen molar-refractivity contribution in [1.82, 2.24) is 24.8 Å². The van der Waals surface area contributed by atoms with Gasteiger partial charge >= 0.3 is 6.09 Å². The van der Waals surface area contributed by atoms with E-state index >= 15 is 0 Å². The van der Waals surface area contributed by atoms with Crippen molar-refractivity contribution in [3.8, 4) is 0 Å². The summed E-state index contributed by atoms with van der Waals surface area (Å²) in [6.45, 7) is 13.9. The molecule has 0 aliphatic carbocycles. The van der Waals surface area contributed by atoms with Gasteiger partial charge in [0.2, 0.25) is 5.95 Å². The Bertz CT molecular complexity index is 1540. The van der Waals surface area contributed by atoms with E-state index in [1.54, 1.807) is 22.1 Å². The molecule has 3 aliphatic heterocycles. The van der Waals surface area contributed by atoms with E-state index in [1.807, 2.05) is 39.2 Å². The average Bonchev–Trinajstić information content (AvgIpc) is 2.88. The van der Waals surface area contributed by atoms with Crippen LogP contribution in [0.15, 0.2) is 30.7 Å². The third-order valence-corrected chi connectivity index (χ3v) is 8.70. The first-order valence-electron chi connectivity index (χ1n) is 15.0. The van der Waals surface area contributed by atoms with Gasteiger partial charge in [-0.15, -0.1) is 0 Å². The van der Waals surface area contributed by atoms with Gasteiger partial charge in [-0.2, -0.15) is 4.98 Å². The van der Waals surface area contributed by atoms with Crippen molar-refractivity contribution in [3.05, 3.63) is 36.3 Å². The molecule has 0 radical (unpaired) electrons. The lowest BCUT2D eigenvalue weighted by atomic mass is 9.77. The monoisotopic (exact) mass is 592 g/mol. The summed E-state index contributed by atoms with van der Waals surface area (Å²) in [6.07, 6.45) is 5.46. The molecule has 0 saturated carbocycles. The number of aliphatic hydroxyl groups is 1. The number of alkyl halides is 1. The Morgan fingerprint density at radius 3 is 2.53 bits per heavy atom. The number of halogens is 1. The van der Waals surface area contributed by atoms with E-state index in [0.29, 0.717) is 43.6 Å². The molecule has 43 heavy (non-hydrogen) atoms. The maximum Gasteiger partial charge on any atom is 0.410 e. The molecule has 0 unspecified atom stereocenters. The SMILES string of the molecule is CC(C)c1cnc(N2CCC23CN(C(=O)OC(C)(C)C)C3)c2cnc(Nc3ccnc(N4CC[C@@H](O)[C@@](C)(F)C4)n3)cc12. The molecule has 0 aromatic carbocycles. The third kappa shape index (κ3) is 5.52. The van der Waals surface area contributed by atoms with E-state index in [4.69, 9.17) is 14.7 Å². The number of hydrogen-bond acceptors (Lipinski definition) is 10. The standard InChI is InChI=1S/C31H41FN8O3/c1-19(2)21-14-35-26(40-12-9-31(40)17-39(18-31)28(42)43-29(3,4)5)22-15-34-25(13-20(21)22)36-24-7-10-33-27(37-24)38-11-8-23(41)30(6,32)16-38/h7,10,13-15,19,23,41H,8-9,11-12,16-18H2,1-6H3,(H,33,34,36,37)/t23-,30+/m1/s1. The number of likely N-dealkylation sites (tertiary alicyclic amines) is 1. The van der Waals surface area contributed by atoms with Crippen LogP contribution in [-0.2, 0) is 4.74 Å². The third-order valence-electron chi connectivity index (χ3n) is 8.70. The molecule has 6 heterocycles. The van der Waals surface area contributed by atoms with Gasteiger partial charge in [-0.25, -0.2) is 24.1 Å². The van der Waals surface area contributed by atoms with Gasteiger partial charge in [0.25, 0.3) is 0 Å². The summed E-state index contributed by atoms with van der Waals surface area (Å²) in [6, 6.07) is 3.77. The number of nitrogens with one attached hydrogen (secondary N) is 1. The number of hydrogen-bond donors (Lipinski definition) is 2. The largest absolute Gasteiger partial charge is 0.444 e. The number of amides is 1. The van der Waals surface area contributed by atoms with Crippen molar-refractivity contribution in [2.75, 3.05) is 47.8 Å². The van der Waals surface area contributed by atoms with E-state index in [1.165, 1.54) is 6.92 Å². The minimum Gasteiger partial charge on any atom is -0.444 e. The van der Waals surface area contributed by atoms with E-state index in [-0.39, 0.29) is 24.1 Å². The Hall–Kier alpha value is -3.80. The summed E-state index contributed by atoms with van der Waals surface area (Å²) in [4.78, 5) is 37.0. The number of anilines is 4. The summed E-state index contributed by atoms with van der Waals surface area (Å²) >= 11 is 0. The molecule has 11 nitrogen and oxygen atoms in total. The predicted molar refractivity (Wildman–Crippen MR) is 164 cm³/mol. The van der Waals surface area contributed by atoms with Crippen LogP contribution in [0.25, 0.3) is 10.8 Å². The highest BCUT2D eigenvalue weighted by Crippen LogP contribution is 2.45. The number of carbonyl (C=O) groups is 1. The van der Waals surface area contributed by atoms with Gasteiger partial charge in [0.1, 0.15) is 23.1 Å². The van der Waals surface area contributed by atoms with E-state index < -0.39 is 17.4 Å². The van der Waals surface area contributed by atoms with Gasteiger partial charge < -0.3 is 29.9 Å². The van der Waals surface area contributed by atoms with Gasteiger partial charge in [0.15, 0.2) is 5.67 Å². The fraction of sp³-hybridized carbons (Fsp3) is 0.581. The zero-order chi connectivity index (χ0) is 30.7. The van der Waals surface area contributed by atoms with Crippen molar-refractivity contribution in [2.24, 2.45) is 0 Å². The lowest BCUT2D eigenvalue weighted by Gasteiger charge is -2.62. The van der Waals surface area contributed by atoms with Gasteiger partial charge in [-0.05, 0) is 69.5 Å². The van der Waals surface area contributed by atoms with E-state index in [2.05, 4.69) is 34.0 Å². The molecule has 3 saturated heterocycles. The number of nitrogens with zero attached hydrogens (tertiary/aromatic N) is 7. The number of pyridine rings is 2. The lowest BCUT2D eigenvalue weighted by molar-refractivity contribution is -0.0222. The van der Waals surface area contributed by atoms with Crippen molar-refractivity contribution in [3.63, 3.8) is 0 Å². The lowest BCUT2D eigenvalue weighted by Crippen LogP contribution is -2.78. The Balaban J connectivity index is 1.24. The summed E-state index contributed by atoms with van der Waals surface area (Å²) in [7, 11) is 0. The normalized spacial score (nSPS) is 23.4. The Morgan fingerprint density at radius 2 is 1.88 bits per heavy atom. The van der Waals surface area contributed by atoms with Crippen LogP contribution >= 0.6 is 0 Å². The number of carbonyl (C=O) groups excluding carboxylic acids is 1. The summed E-state index contributed by atoms with van der Waals surface area (Å²) in [5.41, 5.74) is -1.28. The number of piperidine rings is 1. The molecule has 3 aromatic heterocycles. The predicted octanol–water partition coefficient (Wildman–Crippen LogP) is 4.79. The fourth-order valence-electron chi connectivity index (χ4n) is 6.21. The van der Waals surface area contributed by atoms with E-state index in [9.17, 15) is 14.3 Å². The molecule has 2 atom stereocenters. The molecule has 1 amide bonds. The van der Waals surface area contributed by atoms with Gasteiger partial charge in [-0.1, -0.05) is 13.8 Å². The average molecular weight is 593 g/mol. The highest BCUT2D eigenvalue weighted by molar-refractivity contribution is 5.96. The molecule has 2 N–H and O–H groups in total. The number of rotatable bonds is 5. The van der Waals surface area contributed by atoms with Crippen LogP contribution in [0.1, 0.15) is 65.9 Å². The molecule has 230 valence electrons. The number of fused-ring (bicyclic) bond motifs is 1. The van der Waals surface area contributed by atoms with Crippen molar-refractivity contribution in [2.45, 2.75) is 83.2 Å². The van der Waals surface area contributed by atoms with Gasteiger partial charge in [0, 0.05) is 50.2 Å². The second kappa shape index (κ2) is 10.4. The van der Waals surface area contributed by atoms with Crippen LogP contribution in [0.3, 0.4) is 0 Å². The van der Waals surface area contributed by atoms with Crippen molar-refractivity contribution < 1.29 is 19.0 Å². The molecule has 6 rings (SSSR count).